The van der Waals surface area contributed by atoms with Gasteiger partial charge in [-0.05, 0) is 57.4 Å². The van der Waals surface area contributed by atoms with Crippen LogP contribution in [0.25, 0.3) is 0 Å². The quantitative estimate of drug-likeness (QED) is 0.777. The molecule has 1 aliphatic heterocycles. The van der Waals surface area contributed by atoms with Crippen LogP contribution >= 0.6 is 0 Å². The van der Waals surface area contributed by atoms with Crippen molar-refractivity contribution in [3.8, 4) is 0 Å². The summed E-state index contributed by atoms with van der Waals surface area (Å²) in [6, 6.07) is 0.781. The van der Waals surface area contributed by atoms with Gasteiger partial charge in [0.15, 0.2) is 0 Å². The fourth-order valence-electron chi connectivity index (χ4n) is 3.53. The first-order valence-corrected chi connectivity index (χ1v) is 8.85. The van der Waals surface area contributed by atoms with Gasteiger partial charge in [-0.1, -0.05) is 13.8 Å². The van der Waals surface area contributed by atoms with Gasteiger partial charge in [0.25, 0.3) is 0 Å². The molecule has 3 heteroatoms. The zero-order chi connectivity index (χ0) is 14.2. The van der Waals surface area contributed by atoms with Crippen LogP contribution in [-0.4, -0.2) is 49.8 Å². The fourth-order valence-corrected chi connectivity index (χ4v) is 3.53. The third kappa shape index (κ3) is 5.71. The van der Waals surface area contributed by atoms with E-state index in [0.29, 0.717) is 6.10 Å². The minimum Gasteiger partial charge on any atom is -0.377 e. The molecule has 0 radical (unpaired) electrons. The summed E-state index contributed by atoms with van der Waals surface area (Å²) in [6.07, 6.45) is 9.76. The van der Waals surface area contributed by atoms with Gasteiger partial charge in [-0.3, -0.25) is 4.90 Å². The Hall–Kier alpha value is -0.120. The van der Waals surface area contributed by atoms with Crippen molar-refractivity contribution in [3.05, 3.63) is 0 Å². The van der Waals surface area contributed by atoms with Crippen molar-refractivity contribution >= 4 is 0 Å². The molecule has 0 aromatic heterocycles. The van der Waals surface area contributed by atoms with Crippen LogP contribution in [-0.2, 0) is 4.74 Å². The lowest BCUT2D eigenvalue weighted by Crippen LogP contribution is -2.44. The molecule has 0 spiro atoms. The van der Waals surface area contributed by atoms with Gasteiger partial charge in [0.1, 0.15) is 0 Å². The van der Waals surface area contributed by atoms with E-state index in [9.17, 15) is 0 Å². The highest BCUT2D eigenvalue weighted by molar-refractivity contribution is 4.77. The number of nitrogens with zero attached hydrogens (tertiary/aromatic N) is 1. The van der Waals surface area contributed by atoms with Crippen LogP contribution in [0.15, 0.2) is 0 Å². The van der Waals surface area contributed by atoms with E-state index in [1.54, 1.807) is 0 Å². The van der Waals surface area contributed by atoms with E-state index in [0.717, 1.165) is 38.1 Å². The smallest absolute Gasteiger partial charge is 0.0702 e. The number of likely N-dealkylation sites (tertiary alicyclic amines) is 1. The molecule has 1 saturated heterocycles. The summed E-state index contributed by atoms with van der Waals surface area (Å²) < 4.78 is 5.91. The third-order valence-electron chi connectivity index (χ3n) is 4.90. The van der Waals surface area contributed by atoms with Crippen molar-refractivity contribution in [2.24, 2.45) is 5.92 Å². The van der Waals surface area contributed by atoms with Crippen LogP contribution < -0.4 is 5.32 Å². The maximum absolute atomic E-state index is 5.91. The first kappa shape index (κ1) is 16.3. The summed E-state index contributed by atoms with van der Waals surface area (Å²) in [4.78, 5) is 2.59. The molecule has 0 bridgehead atoms. The average molecular weight is 282 g/mol. The summed E-state index contributed by atoms with van der Waals surface area (Å²) in [5.74, 6) is 0.951. The zero-order valence-corrected chi connectivity index (χ0v) is 13.6. The Morgan fingerprint density at radius 2 is 1.95 bits per heavy atom. The fraction of sp³-hybridized carbons (Fsp3) is 1.00. The predicted molar refractivity (Wildman–Crippen MR) is 85.1 cm³/mol. The van der Waals surface area contributed by atoms with E-state index in [4.69, 9.17) is 4.74 Å². The number of hydrogen-bond donors (Lipinski definition) is 1. The molecule has 0 aromatic rings. The molecule has 0 amide bonds. The lowest BCUT2D eigenvalue weighted by molar-refractivity contribution is 0.000140. The highest BCUT2D eigenvalue weighted by atomic mass is 16.5. The Kier molecular flexibility index (Phi) is 7.32. The van der Waals surface area contributed by atoms with E-state index in [1.165, 1.54) is 51.6 Å². The van der Waals surface area contributed by atoms with Gasteiger partial charge < -0.3 is 10.1 Å². The second-order valence-electron chi connectivity index (χ2n) is 6.85. The molecule has 0 aromatic carbocycles. The molecule has 2 rings (SSSR count). The SMILES string of the molecule is CCCOC1CCCN(CCNC2CCC(C)CC2)C1. The molecule has 3 nitrogen and oxygen atoms in total. The van der Waals surface area contributed by atoms with Crippen molar-refractivity contribution in [1.29, 1.82) is 0 Å². The van der Waals surface area contributed by atoms with Gasteiger partial charge >= 0.3 is 0 Å². The van der Waals surface area contributed by atoms with Gasteiger partial charge in [-0.15, -0.1) is 0 Å². The molecule has 1 heterocycles. The van der Waals surface area contributed by atoms with Crippen LogP contribution in [0.3, 0.4) is 0 Å². The Balaban J connectivity index is 1.56. The van der Waals surface area contributed by atoms with Gasteiger partial charge in [-0.2, -0.15) is 0 Å². The largest absolute Gasteiger partial charge is 0.377 e. The third-order valence-corrected chi connectivity index (χ3v) is 4.90. The normalized spacial score (nSPS) is 32.4. The van der Waals surface area contributed by atoms with Crippen LogP contribution in [0.1, 0.15) is 58.8 Å². The second-order valence-corrected chi connectivity index (χ2v) is 6.85. The molecular weight excluding hydrogens is 248 g/mol. The van der Waals surface area contributed by atoms with E-state index >= 15 is 0 Å². The molecule has 1 aliphatic carbocycles. The van der Waals surface area contributed by atoms with E-state index in [-0.39, 0.29) is 0 Å². The van der Waals surface area contributed by atoms with Crippen LogP contribution in [0, 0.1) is 5.92 Å². The van der Waals surface area contributed by atoms with Gasteiger partial charge in [0, 0.05) is 32.3 Å². The summed E-state index contributed by atoms with van der Waals surface area (Å²) in [5.41, 5.74) is 0. The topological polar surface area (TPSA) is 24.5 Å². The molecule has 1 N–H and O–H groups in total. The highest BCUT2D eigenvalue weighted by Crippen LogP contribution is 2.23. The number of piperidine rings is 1. The van der Waals surface area contributed by atoms with Crippen LogP contribution in [0.2, 0.25) is 0 Å². The molecule has 1 unspecified atom stereocenters. The first-order valence-electron chi connectivity index (χ1n) is 8.85. The number of ether oxygens (including phenoxy) is 1. The summed E-state index contributed by atoms with van der Waals surface area (Å²) in [5, 5.41) is 3.76. The number of nitrogens with one attached hydrogen (secondary N) is 1. The second kappa shape index (κ2) is 9.01. The summed E-state index contributed by atoms with van der Waals surface area (Å²) in [6.45, 7) is 10.3. The first-order chi connectivity index (χ1) is 9.78. The summed E-state index contributed by atoms with van der Waals surface area (Å²) >= 11 is 0. The molecule has 1 atom stereocenters. The minimum atomic E-state index is 0.485. The van der Waals surface area contributed by atoms with E-state index in [1.807, 2.05) is 0 Å². The molecule has 20 heavy (non-hydrogen) atoms. The minimum absolute atomic E-state index is 0.485. The van der Waals surface area contributed by atoms with Crippen molar-refractivity contribution in [1.82, 2.24) is 10.2 Å². The van der Waals surface area contributed by atoms with Crippen molar-refractivity contribution < 1.29 is 4.74 Å². The van der Waals surface area contributed by atoms with Crippen molar-refractivity contribution in [2.75, 3.05) is 32.8 Å². The van der Waals surface area contributed by atoms with Crippen molar-refractivity contribution in [2.45, 2.75) is 70.9 Å². The van der Waals surface area contributed by atoms with Crippen LogP contribution in [0.5, 0.6) is 0 Å². The monoisotopic (exact) mass is 282 g/mol. The highest BCUT2D eigenvalue weighted by Gasteiger charge is 2.21. The number of hydrogen-bond acceptors (Lipinski definition) is 3. The Morgan fingerprint density at radius 1 is 1.15 bits per heavy atom. The number of rotatable bonds is 7. The Labute approximate surface area is 125 Å². The molecule has 118 valence electrons. The Bertz CT molecular complexity index is 251. The summed E-state index contributed by atoms with van der Waals surface area (Å²) in [7, 11) is 0. The predicted octanol–water partition coefficient (Wildman–Crippen LogP) is 3.05. The maximum atomic E-state index is 5.91. The molecule has 2 aliphatic rings. The molecule has 2 fully saturated rings. The standard InChI is InChI=1S/C17H34N2O/c1-3-13-20-17-5-4-11-19(14-17)12-10-18-16-8-6-15(2)7-9-16/h15-18H,3-14H2,1-2H3. The van der Waals surface area contributed by atoms with Crippen LogP contribution in [0.4, 0.5) is 0 Å². The van der Waals surface area contributed by atoms with Gasteiger partial charge in [0.2, 0.25) is 0 Å². The average Bonchev–Trinajstić information content (AvgIpc) is 2.48. The van der Waals surface area contributed by atoms with E-state index < -0.39 is 0 Å². The van der Waals surface area contributed by atoms with Gasteiger partial charge in [-0.25, -0.2) is 0 Å². The molecular formula is C17H34N2O. The van der Waals surface area contributed by atoms with Crippen molar-refractivity contribution in [3.63, 3.8) is 0 Å². The Morgan fingerprint density at radius 3 is 2.70 bits per heavy atom. The zero-order valence-electron chi connectivity index (χ0n) is 13.6. The maximum Gasteiger partial charge on any atom is 0.0702 e. The molecule has 1 saturated carbocycles. The van der Waals surface area contributed by atoms with Gasteiger partial charge in [0.05, 0.1) is 6.10 Å². The lowest BCUT2D eigenvalue weighted by Gasteiger charge is -2.33. The lowest BCUT2D eigenvalue weighted by atomic mass is 9.87. The van der Waals surface area contributed by atoms with E-state index in [2.05, 4.69) is 24.1 Å².